The summed E-state index contributed by atoms with van der Waals surface area (Å²) < 4.78 is 56.3. The van der Waals surface area contributed by atoms with Crippen molar-refractivity contribution in [3.05, 3.63) is 93.8 Å². The lowest BCUT2D eigenvalue weighted by Gasteiger charge is -2.27. The average molecular weight is 822 g/mol. The number of amides is 1. The third kappa shape index (κ3) is 10.2. The topological polar surface area (TPSA) is 178 Å². The minimum absolute atomic E-state index is 0.0762. The summed E-state index contributed by atoms with van der Waals surface area (Å²) in [6, 6.07) is 18.0. The van der Waals surface area contributed by atoms with E-state index >= 15 is 0 Å². The van der Waals surface area contributed by atoms with E-state index in [9.17, 15) is 13.2 Å². The number of amidine groups is 1. The number of carbonyl (C=O) groups excluding carboxylic acids is 1. The second kappa shape index (κ2) is 19.1. The largest absolute Gasteiger partial charge is 0.497 e. The van der Waals surface area contributed by atoms with Gasteiger partial charge in [0.05, 0.1) is 75.2 Å². The van der Waals surface area contributed by atoms with E-state index in [1.165, 1.54) is 0 Å². The number of nitrogens with zero attached hydrogens (tertiary/aromatic N) is 4. The first kappa shape index (κ1) is 41.8. The zero-order valence-electron chi connectivity index (χ0n) is 32.6. The smallest absolute Gasteiger partial charge is 0.240 e. The van der Waals surface area contributed by atoms with Crippen LogP contribution in [0.4, 0.5) is 5.69 Å². The second-order valence-electron chi connectivity index (χ2n) is 13.5. The molecule has 2 aliphatic rings. The lowest BCUT2D eigenvalue weighted by Crippen LogP contribution is -2.43. The van der Waals surface area contributed by atoms with Gasteiger partial charge in [-0.2, -0.15) is 5.10 Å². The van der Waals surface area contributed by atoms with E-state index in [0.29, 0.717) is 72.3 Å². The number of benzene rings is 3. The molecule has 3 N–H and O–H groups in total. The molecule has 304 valence electrons. The van der Waals surface area contributed by atoms with E-state index in [0.717, 1.165) is 27.9 Å². The molecule has 0 radical (unpaired) electrons. The molecule has 0 aliphatic carbocycles. The molecule has 2 aliphatic heterocycles. The molecule has 0 saturated heterocycles. The number of aryl methyl sites for hydroxylation is 3. The first-order valence-electron chi connectivity index (χ1n) is 18.6. The van der Waals surface area contributed by atoms with Gasteiger partial charge in [-0.25, -0.2) is 13.1 Å². The van der Waals surface area contributed by atoms with E-state index < -0.39 is 16.1 Å². The molecular weight excluding hydrogens is 774 g/mol. The van der Waals surface area contributed by atoms with Gasteiger partial charge in [-0.1, -0.05) is 41.0 Å². The third-order valence-electron chi connectivity index (χ3n) is 9.45. The van der Waals surface area contributed by atoms with Gasteiger partial charge in [-0.05, 0) is 75.2 Å². The van der Waals surface area contributed by atoms with Gasteiger partial charge in [-0.3, -0.25) is 15.2 Å². The van der Waals surface area contributed by atoms with Crippen LogP contribution >= 0.6 is 11.6 Å². The molecule has 57 heavy (non-hydrogen) atoms. The number of methoxy groups -OCH3 is 1. The van der Waals surface area contributed by atoms with Crippen LogP contribution in [-0.2, 0) is 29.0 Å². The molecule has 2 atom stereocenters. The van der Waals surface area contributed by atoms with Crippen molar-refractivity contribution >= 4 is 44.8 Å². The van der Waals surface area contributed by atoms with E-state index in [1.54, 1.807) is 33.1 Å². The third-order valence-corrected chi connectivity index (χ3v) is 11.3. The number of nitrogens with one attached hydrogen (secondary N) is 3. The van der Waals surface area contributed by atoms with Crippen molar-refractivity contribution in [2.75, 3.05) is 64.7 Å². The number of hydrazone groups is 1. The fourth-order valence-electron chi connectivity index (χ4n) is 6.65. The molecule has 1 aromatic heterocycles. The number of carbonyl (C=O) groups is 1. The molecule has 4 aromatic rings. The summed E-state index contributed by atoms with van der Waals surface area (Å²) in [7, 11) is -2.15. The number of fused-ring (bicyclic) bond motifs is 3. The van der Waals surface area contributed by atoms with Crippen LogP contribution in [0.2, 0.25) is 5.02 Å². The number of sulfonamides is 1. The van der Waals surface area contributed by atoms with Crippen LogP contribution in [0.5, 0.6) is 5.75 Å². The summed E-state index contributed by atoms with van der Waals surface area (Å²) in [4.78, 5) is 20.6. The Kier molecular flexibility index (Phi) is 14.0. The first-order chi connectivity index (χ1) is 27.5. The molecule has 17 heteroatoms. The Morgan fingerprint density at radius 3 is 2.28 bits per heavy atom. The average Bonchev–Trinajstić information content (AvgIpc) is 3.71. The summed E-state index contributed by atoms with van der Waals surface area (Å²) >= 11 is 6.21. The predicted molar refractivity (Wildman–Crippen MR) is 218 cm³/mol. The van der Waals surface area contributed by atoms with Crippen molar-refractivity contribution in [2.45, 2.75) is 51.2 Å². The van der Waals surface area contributed by atoms with E-state index in [1.807, 2.05) is 62.4 Å². The van der Waals surface area contributed by atoms with Crippen LogP contribution < -0.4 is 25.1 Å². The Morgan fingerprint density at radius 1 is 0.912 bits per heavy atom. The monoisotopic (exact) mass is 821 g/mol. The van der Waals surface area contributed by atoms with Gasteiger partial charge < -0.3 is 33.7 Å². The van der Waals surface area contributed by atoms with Gasteiger partial charge in [0.1, 0.15) is 23.7 Å². The first-order valence-corrected chi connectivity index (χ1v) is 20.5. The summed E-state index contributed by atoms with van der Waals surface area (Å²) in [5.74, 6) is 1.77. The highest BCUT2D eigenvalue weighted by molar-refractivity contribution is 7.89. The maximum atomic E-state index is 13.2. The summed E-state index contributed by atoms with van der Waals surface area (Å²) in [5, 5.41) is 12.1. The van der Waals surface area contributed by atoms with Crippen LogP contribution in [0.25, 0.3) is 11.1 Å². The molecule has 0 spiro atoms. The van der Waals surface area contributed by atoms with Crippen molar-refractivity contribution in [1.82, 2.24) is 20.6 Å². The number of aliphatic imine (C=N–C) groups is 1. The molecule has 0 fully saturated rings. The quantitative estimate of drug-likeness (QED) is 0.111. The number of rotatable bonds is 19. The standard InChI is InChI=1S/C40H48ClN7O8S/c1-25-6-7-30(38-26(2)47-56-27(38)3)22-36(25)57(50,51)43-15-17-54-19-21-55-20-18-53-16-14-42-37(49)24-34-40-46-45-28(4)48(40)35-13-12-32(52-5)23-33(35)39(44-34)29-8-10-31(41)11-9-29/h6-13,22-23,28,34,43,45H,14-21,24H2,1-5H3,(H,42,49). The fourth-order valence-corrected chi connectivity index (χ4v) is 8.06. The van der Waals surface area contributed by atoms with Gasteiger partial charge in [0.15, 0.2) is 5.84 Å². The molecular formula is C40H48ClN7O8S. The molecule has 1 amide bonds. The normalized spacial score (nSPS) is 16.3. The van der Waals surface area contributed by atoms with Crippen LogP contribution in [0.1, 0.15) is 41.5 Å². The maximum absolute atomic E-state index is 13.2. The summed E-state index contributed by atoms with van der Waals surface area (Å²) in [6.45, 7) is 9.53. The predicted octanol–water partition coefficient (Wildman–Crippen LogP) is 4.75. The molecule has 2 unspecified atom stereocenters. The number of anilines is 1. The molecule has 3 aromatic carbocycles. The van der Waals surface area contributed by atoms with E-state index in [2.05, 4.69) is 30.6 Å². The minimum Gasteiger partial charge on any atom is -0.497 e. The van der Waals surface area contributed by atoms with Crippen LogP contribution in [-0.4, -0.2) is 103 Å². The van der Waals surface area contributed by atoms with Crippen LogP contribution in [0, 0.1) is 20.8 Å². The van der Waals surface area contributed by atoms with Gasteiger partial charge in [0.2, 0.25) is 15.9 Å². The van der Waals surface area contributed by atoms with E-state index in [-0.39, 0.29) is 43.1 Å². The maximum Gasteiger partial charge on any atom is 0.240 e. The highest BCUT2D eigenvalue weighted by atomic mass is 35.5. The summed E-state index contributed by atoms with van der Waals surface area (Å²) in [6.07, 6.45) is -0.0762. The lowest BCUT2D eigenvalue weighted by atomic mass is 9.99. The Balaban J connectivity index is 0.893. The minimum atomic E-state index is -3.77. The van der Waals surface area contributed by atoms with Crippen LogP contribution in [0.15, 0.2) is 80.2 Å². The number of halogens is 1. The number of hydrogen-bond acceptors (Lipinski definition) is 13. The molecule has 3 heterocycles. The molecule has 6 rings (SSSR count). The highest BCUT2D eigenvalue weighted by Crippen LogP contribution is 2.35. The second-order valence-corrected chi connectivity index (χ2v) is 15.7. The molecule has 0 bridgehead atoms. The zero-order chi connectivity index (χ0) is 40.5. The van der Waals surface area contributed by atoms with Gasteiger partial charge >= 0.3 is 0 Å². The Bertz CT molecular complexity index is 2190. The van der Waals surface area contributed by atoms with Crippen LogP contribution in [0.3, 0.4) is 0 Å². The fraction of sp³-hybridized carbons (Fsp3) is 0.400. The van der Waals surface area contributed by atoms with Crippen molar-refractivity contribution in [3.8, 4) is 16.9 Å². The van der Waals surface area contributed by atoms with Crippen molar-refractivity contribution in [1.29, 1.82) is 0 Å². The Labute approximate surface area is 337 Å². The summed E-state index contributed by atoms with van der Waals surface area (Å²) in [5.41, 5.74) is 9.29. The highest BCUT2D eigenvalue weighted by Gasteiger charge is 2.37. The van der Waals surface area contributed by atoms with Crippen molar-refractivity contribution in [3.63, 3.8) is 0 Å². The van der Waals surface area contributed by atoms with Crippen molar-refractivity contribution in [2.24, 2.45) is 10.1 Å². The number of ether oxygens (including phenoxy) is 4. The van der Waals surface area contributed by atoms with Gasteiger partial charge in [0, 0.05) is 34.8 Å². The Morgan fingerprint density at radius 2 is 1.60 bits per heavy atom. The van der Waals surface area contributed by atoms with Gasteiger partial charge in [0.25, 0.3) is 0 Å². The lowest BCUT2D eigenvalue weighted by molar-refractivity contribution is -0.121. The van der Waals surface area contributed by atoms with E-state index in [4.69, 9.17) is 40.1 Å². The van der Waals surface area contributed by atoms with Gasteiger partial charge in [-0.15, -0.1) is 0 Å². The Hall–Kier alpha value is -4.84. The van der Waals surface area contributed by atoms with Crippen molar-refractivity contribution < 1.29 is 36.7 Å². The molecule has 0 saturated carbocycles. The number of hydrogen-bond donors (Lipinski definition) is 3. The molecule has 15 nitrogen and oxygen atoms in total. The SMILES string of the molecule is COc1ccc2c(c1)C(c1ccc(Cl)cc1)=NC(CC(=O)NCCOCCOCCOCCNS(=O)(=O)c1cc(-c3c(C)noc3C)ccc1C)C1=NNC(C)N12. The number of aromatic nitrogens is 1. The zero-order valence-corrected chi connectivity index (χ0v) is 34.2.